The first kappa shape index (κ1) is 32.6. The zero-order valence-electron chi connectivity index (χ0n) is 16.5. The van der Waals surface area contributed by atoms with Gasteiger partial charge in [-0.3, -0.25) is 0 Å². The summed E-state index contributed by atoms with van der Waals surface area (Å²) in [6, 6.07) is 0. The van der Waals surface area contributed by atoms with E-state index < -0.39 is 0 Å². The Morgan fingerprint density at radius 3 is 0.875 bits per heavy atom. The molecule has 24 heavy (non-hydrogen) atoms. The minimum atomic E-state index is -0.125. The maximum atomic E-state index is 8.42. The minimum Gasteiger partial charge on any atom is -1.00 e. The van der Waals surface area contributed by atoms with E-state index in [1.807, 2.05) is 0 Å². The molecule has 0 amide bonds. The molecule has 0 aliphatic heterocycles. The van der Waals surface area contributed by atoms with Crippen LogP contribution in [0.2, 0.25) is 0 Å². The third-order valence-electron chi connectivity index (χ3n) is 1.83. The maximum absolute atomic E-state index is 8.42. The van der Waals surface area contributed by atoms with Gasteiger partial charge in [-0.2, -0.15) is 0 Å². The van der Waals surface area contributed by atoms with E-state index >= 15 is 0 Å². The first-order valence-corrected chi connectivity index (χ1v) is 7.63. The van der Waals surface area contributed by atoms with Gasteiger partial charge >= 0.3 is 37.7 Å². The van der Waals surface area contributed by atoms with Crippen molar-refractivity contribution in [2.75, 3.05) is 79.3 Å². The van der Waals surface area contributed by atoms with Crippen molar-refractivity contribution in [3.05, 3.63) is 0 Å². The Morgan fingerprint density at radius 2 is 0.667 bits per heavy atom. The number of ether oxygens (including phenoxy) is 3. The quantitative estimate of drug-likeness (QED) is 0.141. The second kappa shape index (κ2) is 39.1. The smallest absolute Gasteiger partial charge is 1.00 e. The standard InChI is InChI=1S/C10H22O5.2C2H6O2.Ca.2H/c11-3-9-14-7-1-5-13-6-2-8-15-10-4-12;2*3-1-2-4;;;/h11-12H,1-10H2;2*3-4H,1-2H2;;;/q;;;+2;2*-1. The fourth-order valence-corrected chi connectivity index (χ4v) is 0.961. The number of aliphatic hydroxyl groups is 6. The molecule has 0 radical (unpaired) electrons. The molecule has 0 heterocycles. The van der Waals surface area contributed by atoms with Gasteiger partial charge in [0, 0.05) is 26.4 Å². The SMILES string of the molecule is OCCO.OCCO.OCCOCCCOCCCOCCO.[Ca+2].[H-].[H-]. The Kier molecular flexibility index (Phi) is 53.1. The Hall–Kier alpha value is 0.900. The molecular formula is C14H36CaO9. The van der Waals surface area contributed by atoms with Crippen molar-refractivity contribution in [1.29, 1.82) is 0 Å². The molecule has 0 atom stereocenters. The van der Waals surface area contributed by atoms with Crippen LogP contribution < -0.4 is 0 Å². The van der Waals surface area contributed by atoms with Gasteiger partial charge in [-0.05, 0) is 12.8 Å². The van der Waals surface area contributed by atoms with E-state index in [1.54, 1.807) is 0 Å². The minimum absolute atomic E-state index is 0. The summed E-state index contributed by atoms with van der Waals surface area (Å²) >= 11 is 0. The van der Waals surface area contributed by atoms with Crippen LogP contribution in [-0.4, -0.2) is 148 Å². The van der Waals surface area contributed by atoms with Gasteiger partial charge in [0.05, 0.1) is 52.9 Å². The summed E-state index contributed by atoms with van der Waals surface area (Å²) in [6.07, 6.45) is 1.69. The fraction of sp³-hybridized carbons (Fsp3) is 1.00. The first-order valence-electron chi connectivity index (χ1n) is 7.63. The van der Waals surface area contributed by atoms with E-state index in [4.69, 9.17) is 44.8 Å². The van der Waals surface area contributed by atoms with E-state index in [2.05, 4.69) is 0 Å². The average Bonchev–Trinajstić information content (AvgIpc) is 2.60. The molecule has 148 valence electrons. The van der Waals surface area contributed by atoms with Crippen molar-refractivity contribution >= 4 is 37.7 Å². The Bertz CT molecular complexity index is 157. The maximum Gasteiger partial charge on any atom is 2.00 e. The Labute approximate surface area is 177 Å². The molecule has 0 aromatic carbocycles. The summed E-state index contributed by atoms with van der Waals surface area (Å²) in [4.78, 5) is 0. The van der Waals surface area contributed by atoms with Gasteiger partial charge in [0.2, 0.25) is 0 Å². The zero-order valence-corrected chi connectivity index (χ0v) is 16.7. The van der Waals surface area contributed by atoms with Crippen LogP contribution in [0.1, 0.15) is 15.7 Å². The fourth-order valence-electron chi connectivity index (χ4n) is 0.961. The van der Waals surface area contributed by atoms with Gasteiger partial charge in [-0.25, -0.2) is 0 Å². The van der Waals surface area contributed by atoms with Gasteiger partial charge in [0.15, 0.2) is 0 Å². The van der Waals surface area contributed by atoms with Crippen LogP contribution in [-0.2, 0) is 14.2 Å². The second-order valence-corrected chi connectivity index (χ2v) is 3.89. The molecule has 0 fully saturated rings. The van der Waals surface area contributed by atoms with Crippen molar-refractivity contribution in [3.8, 4) is 0 Å². The van der Waals surface area contributed by atoms with Gasteiger partial charge in [0.25, 0.3) is 0 Å². The predicted octanol–water partition coefficient (Wildman–Crippen LogP) is -2.41. The molecule has 0 aromatic heterocycles. The molecule has 0 aliphatic carbocycles. The molecule has 0 aliphatic rings. The molecule has 0 saturated carbocycles. The summed E-state index contributed by atoms with van der Waals surface area (Å²) in [5, 5.41) is 47.3. The molecule has 0 saturated heterocycles. The summed E-state index contributed by atoms with van der Waals surface area (Å²) in [7, 11) is 0. The largest absolute Gasteiger partial charge is 2.00 e. The van der Waals surface area contributed by atoms with Crippen molar-refractivity contribution in [2.24, 2.45) is 0 Å². The third kappa shape index (κ3) is 49.5. The van der Waals surface area contributed by atoms with Crippen LogP contribution >= 0.6 is 0 Å². The monoisotopic (exact) mass is 388 g/mol. The molecule has 0 bridgehead atoms. The van der Waals surface area contributed by atoms with Gasteiger partial charge < -0.3 is 47.7 Å². The molecule has 0 unspecified atom stereocenters. The van der Waals surface area contributed by atoms with Crippen LogP contribution in [0.15, 0.2) is 0 Å². The van der Waals surface area contributed by atoms with Gasteiger partial charge in [-0.1, -0.05) is 0 Å². The van der Waals surface area contributed by atoms with Crippen LogP contribution in [0, 0.1) is 0 Å². The van der Waals surface area contributed by atoms with Crippen molar-refractivity contribution in [2.45, 2.75) is 12.8 Å². The summed E-state index contributed by atoms with van der Waals surface area (Å²) in [5.41, 5.74) is 0. The molecule has 6 N–H and O–H groups in total. The van der Waals surface area contributed by atoms with E-state index in [1.165, 1.54) is 0 Å². The van der Waals surface area contributed by atoms with Crippen LogP contribution in [0.4, 0.5) is 0 Å². The normalized spacial score (nSPS) is 9.25. The molecule has 10 heteroatoms. The Balaban J connectivity index is -0.0000000773. The number of aliphatic hydroxyl groups excluding tert-OH is 6. The summed E-state index contributed by atoms with van der Waals surface area (Å²) in [6.45, 7) is 3.04. The number of rotatable bonds is 14. The second-order valence-electron chi connectivity index (χ2n) is 3.89. The number of hydrogen-bond acceptors (Lipinski definition) is 9. The number of hydrogen-bond donors (Lipinski definition) is 6. The van der Waals surface area contributed by atoms with E-state index in [0.29, 0.717) is 39.6 Å². The molecule has 0 spiro atoms. The zero-order chi connectivity index (χ0) is 18.0. The molecule has 0 rings (SSSR count). The first-order chi connectivity index (χ1) is 11.2. The third-order valence-corrected chi connectivity index (χ3v) is 1.83. The van der Waals surface area contributed by atoms with E-state index in [9.17, 15) is 0 Å². The van der Waals surface area contributed by atoms with Crippen LogP contribution in [0.5, 0.6) is 0 Å². The van der Waals surface area contributed by atoms with Crippen molar-refractivity contribution in [3.63, 3.8) is 0 Å². The van der Waals surface area contributed by atoms with Gasteiger partial charge in [-0.15, -0.1) is 0 Å². The van der Waals surface area contributed by atoms with E-state index in [-0.39, 0.29) is 80.2 Å². The predicted molar refractivity (Wildman–Crippen MR) is 92.2 cm³/mol. The van der Waals surface area contributed by atoms with Crippen molar-refractivity contribution < 1.29 is 47.7 Å². The average molecular weight is 389 g/mol. The van der Waals surface area contributed by atoms with Gasteiger partial charge in [0.1, 0.15) is 0 Å². The Morgan fingerprint density at radius 1 is 0.417 bits per heavy atom. The molecule has 0 aromatic rings. The topological polar surface area (TPSA) is 149 Å². The summed E-state index contributed by atoms with van der Waals surface area (Å²) in [5.74, 6) is 0. The summed E-state index contributed by atoms with van der Waals surface area (Å²) < 4.78 is 15.4. The van der Waals surface area contributed by atoms with E-state index in [0.717, 1.165) is 12.8 Å². The van der Waals surface area contributed by atoms with Crippen LogP contribution in [0.3, 0.4) is 0 Å². The van der Waals surface area contributed by atoms with Crippen molar-refractivity contribution in [1.82, 2.24) is 0 Å². The molecular weight excluding hydrogens is 352 g/mol. The molecule has 9 nitrogen and oxygen atoms in total. The van der Waals surface area contributed by atoms with Crippen LogP contribution in [0.25, 0.3) is 0 Å².